The van der Waals surface area contributed by atoms with Crippen LogP contribution in [0.2, 0.25) is 0 Å². The van der Waals surface area contributed by atoms with Gasteiger partial charge in [-0.15, -0.1) is 0 Å². The molecule has 5 nitrogen and oxygen atoms in total. The molecule has 24 heavy (non-hydrogen) atoms. The van der Waals surface area contributed by atoms with Gasteiger partial charge in [0.05, 0.1) is 18.7 Å². The van der Waals surface area contributed by atoms with Crippen molar-refractivity contribution in [1.29, 1.82) is 0 Å². The Balaban J connectivity index is 2.28. The van der Waals surface area contributed by atoms with Gasteiger partial charge < -0.3 is 4.74 Å². The minimum absolute atomic E-state index is 0.0181. The van der Waals surface area contributed by atoms with Crippen molar-refractivity contribution in [3.8, 4) is 5.88 Å². The Hall–Kier alpha value is -2.54. The molecule has 0 radical (unpaired) electrons. The van der Waals surface area contributed by atoms with E-state index < -0.39 is 11.6 Å². The summed E-state index contributed by atoms with van der Waals surface area (Å²) in [4.78, 5) is 8.15. The minimum Gasteiger partial charge on any atom is -0.477 e. The number of benzene rings is 1. The lowest BCUT2D eigenvalue weighted by Crippen LogP contribution is -2.22. The minimum atomic E-state index is -0.696. The van der Waals surface area contributed by atoms with Crippen LogP contribution in [0.5, 0.6) is 5.88 Å². The number of amidine groups is 1. The van der Waals surface area contributed by atoms with Crippen molar-refractivity contribution in [2.75, 3.05) is 6.61 Å². The molecule has 1 heterocycles. The second-order valence-electron chi connectivity index (χ2n) is 5.54. The molecule has 0 spiro atoms. The standard InChI is InChI=1S/C17H19F2N3O2/c1-11(2)10-24-17-12(5-4-8-20-17)16(22-23)21-9-13-14(18)6-3-7-15(13)19/h3-8,11,23H,9-10H2,1-2H3,(H,21,22). The van der Waals surface area contributed by atoms with Gasteiger partial charge in [0.1, 0.15) is 11.6 Å². The number of aliphatic imine (C=N–C) groups is 1. The molecular weight excluding hydrogens is 316 g/mol. The van der Waals surface area contributed by atoms with Crippen molar-refractivity contribution in [3.63, 3.8) is 0 Å². The molecule has 7 heteroatoms. The lowest BCUT2D eigenvalue weighted by Gasteiger charge is -2.13. The molecule has 0 saturated heterocycles. The van der Waals surface area contributed by atoms with E-state index in [4.69, 9.17) is 4.74 Å². The van der Waals surface area contributed by atoms with Crippen molar-refractivity contribution >= 4 is 5.84 Å². The summed E-state index contributed by atoms with van der Waals surface area (Å²) in [6, 6.07) is 6.88. The van der Waals surface area contributed by atoms with Crippen molar-refractivity contribution in [1.82, 2.24) is 10.5 Å². The molecule has 0 amide bonds. The molecule has 0 aliphatic carbocycles. The lowest BCUT2D eigenvalue weighted by molar-refractivity contribution is 0.232. The van der Waals surface area contributed by atoms with Crippen LogP contribution in [-0.2, 0) is 6.54 Å². The fraction of sp³-hybridized carbons (Fsp3) is 0.294. The first kappa shape index (κ1) is 17.8. The molecule has 0 aliphatic heterocycles. The zero-order chi connectivity index (χ0) is 17.5. The molecule has 0 unspecified atom stereocenters. The van der Waals surface area contributed by atoms with E-state index in [0.29, 0.717) is 12.2 Å². The summed E-state index contributed by atoms with van der Waals surface area (Å²) in [6.45, 7) is 4.14. The highest BCUT2D eigenvalue weighted by Crippen LogP contribution is 2.18. The summed E-state index contributed by atoms with van der Waals surface area (Å²) in [6.07, 6.45) is 1.55. The van der Waals surface area contributed by atoms with E-state index in [1.54, 1.807) is 18.3 Å². The third kappa shape index (κ3) is 4.48. The summed E-state index contributed by atoms with van der Waals surface area (Å²) in [5, 5.41) is 9.35. The van der Waals surface area contributed by atoms with Crippen molar-refractivity contribution in [2.45, 2.75) is 20.4 Å². The van der Waals surface area contributed by atoms with Crippen LogP contribution < -0.4 is 10.2 Å². The van der Waals surface area contributed by atoms with E-state index in [0.717, 1.165) is 12.1 Å². The fourth-order valence-electron chi connectivity index (χ4n) is 1.95. The predicted molar refractivity (Wildman–Crippen MR) is 86.1 cm³/mol. The van der Waals surface area contributed by atoms with Crippen LogP contribution in [0, 0.1) is 17.6 Å². The summed E-state index contributed by atoms with van der Waals surface area (Å²) in [7, 11) is 0. The van der Waals surface area contributed by atoms with Gasteiger partial charge >= 0.3 is 0 Å². The number of halogens is 2. The molecule has 2 aromatic rings. The van der Waals surface area contributed by atoms with Crippen LogP contribution in [0.3, 0.4) is 0 Å². The number of pyridine rings is 1. The Bertz CT molecular complexity index is 700. The predicted octanol–water partition coefficient (Wildman–Crippen LogP) is 3.32. The van der Waals surface area contributed by atoms with Crippen LogP contribution in [0.1, 0.15) is 25.0 Å². The van der Waals surface area contributed by atoms with Gasteiger partial charge in [-0.05, 0) is 30.2 Å². The monoisotopic (exact) mass is 335 g/mol. The molecule has 0 saturated carbocycles. The zero-order valence-corrected chi connectivity index (χ0v) is 13.5. The van der Waals surface area contributed by atoms with Gasteiger partial charge in [-0.1, -0.05) is 19.9 Å². The zero-order valence-electron chi connectivity index (χ0n) is 13.5. The molecule has 2 rings (SSSR count). The highest BCUT2D eigenvalue weighted by molar-refractivity contribution is 5.99. The van der Waals surface area contributed by atoms with E-state index >= 15 is 0 Å². The number of ether oxygens (including phenoxy) is 1. The van der Waals surface area contributed by atoms with Gasteiger partial charge in [0, 0.05) is 11.8 Å². The highest BCUT2D eigenvalue weighted by Gasteiger charge is 2.13. The van der Waals surface area contributed by atoms with Crippen LogP contribution in [0.15, 0.2) is 41.5 Å². The molecule has 0 fully saturated rings. The van der Waals surface area contributed by atoms with E-state index in [-0.39, 0.29) is 29.7 Å². The van der Waals surface area contributed by atoms with Crippen LogP contribution >= 0.6 is 0 Å². The van der Waals surface area contributed by atoms with Gasteiger partial charge in [0.25, 0.3) is 0 Å². The number of nitrogens with one attached hydrogen (secondary N) is 1. The quantitative estimate of drug-likeness (QED) is 0.483. The van der Waals surface area contributed by atoms with Gasteiger partial charge in [-0.2, -0.15) is 0 Å². The van der Waals surface area contributed by atoms with Gasteiger partial charge in [0.15, 0.2) is 5.84 Å². The van der Waals surface area contributed by atoms with Crippen molar-refractivity contribution < 1.29 is 18.7 Å². The number of hydrogen-bond donors (Lipinski definition) is 2. The number of nitrogens with zero attached hydrogens (tertiary/aromatic N) is 2. The van der Waals surface area contributed by atoms with Crippen molar-refractivity contribution in [3.05, 3.63) is 59.3 Å². The molecule has 1 aromatic heterocycles. The number of aromatic nitrogens is 1. The molecule has 1 aromatic carbocycles. The molecular formula is C17H19F2N3O2. The first-order valence-corrected chi connectivity index (χ1v) is 7.48. The smallest absolute Gasteiger partial charge is 0.224 e. The van der Waals surface area contributed by atoms with E-state index in [9.17, 15) is 14.0 Å². The largest absolute Gasteiger partial charge is 0.477 e. The Labute approximate surface area is 139 Å². The fourth-order valence-corrected chi connectivity index (χ4v) is 1.95. The average molecular weight is 335 g/mol. The average Bonchev–Trinajstić information content (AvgIpc) is 2.56. The van der Waals surface area contributed by atoms with Crippen molar-refractivity contribution in [2.24, 2.45) is 10.9 Å². The third-order valence-electron chi connectivity index (χ3n) is 3.14. The number of rotatable bonds is 6. The second-order valence-corrected chi connectivity index (χ2v) is 5.54. The number of hydroxylamine groups is 1. The lowest BCUT2D eigenvalue weighted by atomic mass is 10.2. The Morgan fingerprint density at radius 3 is 2.58 bits per heavy atom. The normalized spacial score (nSPS) is 11.7. The van der Waals surface area contributed by atoms with E-state index in [2.05, 4.69) is 9.98 Å². The maximum atomic E-state index is 13.7. The van der Waals surface area contributed by atoms with Crippen LogP contribution in [0.4, 0.5) is 8.78 Å². The molecule has 128 valence electrons. The van der Waals surface area contributed by atoms with E-state index in [1.165, 1.54) is 6.07 Å². The SMILES string of the molecule is CC(C)COc1ncccc1C(=NCc1c(F)cccc1F)NO. The maximum absolute atomic E-state index is 13.7. The van der Waals surface area contributed by atoms with Crippen LogP contribution in [0.25, 0.3) is 0 Å². The Kier molecular flexibility index (Phi) is 6.20. The van der Waals surface area contributed by atoms with Gasteiger partial charge in [-0.25, -0.2) is 13.8 Å². The Morgan fingerprint density at radius 2 is 1.96 bits per heavy atom. The van der Waals surface area contributed by atoms with E-state index in [1.807, 2.05) is 19.3 Å². The summed E-state index contributed by atoms with van der Waals surface area (Å²) < 4.78 is 32.9. The van der Waals surface area contributed by atoms with Gasteiger partial charge in [-0.3, -0.25) is 15.7 Å². The Morgan fingerprint density at radius 1 is 1.25 bits per heavy atom. The third-order valence-corrected chi connectivity index (χ3v) is 3.14. The molecule has 2 N–H and O–H groups in total. The molecule has 0 atom stereocenters. The number of hydrogen-bond acceptors (Lipinski definition) is 4. The van der Waals surface area contributed by atoms with Crippen LogP contribution in [-0.4, -0.2) is 22.6 Å². The summed E-state index contributed by atoms with van der Waals surface area (Å²) >= 11 is 0. The molecule has 0 bridgehead atoms. The highest BCUT2D eigenvalue weighted by atomic mass is 19.1. The second kappa shape index (κ2) is 8.35. The first-order chi connectivity index (χ1) is 11.5. The summed E-state index contributed by atoms with van der Waals surface area (Å²) in [5.74, 6) is -0.808. The topological polar surface area (TPSA) is 66.7 Å². The van der Waals surface area contributed by atoms with Gasteiger partial charge in [0.2, 0.25) is 5.88 Å². The summed E-state index contributed by atoms with van der Waals surface area (Å²) in [5.41, 5.74) is 2.16. The first-order valence-electron chi connectivity index (χ1n) is 7.48. The molecule has 0 aliphatic rings. The maximum Gasteiger partial charge on any atom is 0.224 e.